The van der Waals surface area contributed by atoms with Crippen LogP contribution in [-0.2, 0) is 4.79 Å². The van der Waals surface area contributed by atoms with Crippen molar-refractivity contribution in [3.63, 3.8) is 0 Å². The maximum atomic E-state index is 12.7. The van der Waals surface area contributed by atoms with Gasteiger partial charge in [0.05, 0.1) is 5.92 Å². The Labute approximate surface area is 128 Å². The van der Waals surface area contributed by atoms with E-state index in [9.17, 15) is 4.79 Å². The van der Waals surface area contributed by atoms with Crippen LogP contribution in [-0.4, -0.2) is 37.5 Å². The molecule has 0 spiro atoms. The monoisotopic (exact) mass is 290 g/mol. The van der Waals surface area contributed by atoms with Gasteiger partial charge in [0.1, 0.15) is 0 Å². The fraction of sp³-hybridized carbons (Fsp3) is 0.944. The van der Waals surface area contributed by atoms with Gasteiger partial charge in [-0.2, -0.15) is 0 Å². The maximum Gasteiger partial charge on any atom is 0.226 e. The summed E-state index contributed by atoms with van der Waals surface area (Å²) in [5.41, 5.74) is 0.487. The number of hydrogen-bond donors (Lipinski definition) is 1. The third-order valence-corrected chi connectivity index (χ3v) is 6.76. The Morgan fingerprint density at radius 1 is 1.14 bits per heavy atom. The molecule has 118 valence electrons. The van der Waals surface area contributed by atoms with Crippen molar-refractivity contribution in [3.05, 3.63) is 0 Å². The third kappa shape index (κ3) is 2.62. The zero-order chi connectivity index (χ0) is 14.4. The summed E-state index contributed by atoms with van der Waals surface area (Å²) < 4.78 is 0. The summed E-state index contributed by atoms with van der Waals surface area (Å²) in [7, 11) is 2.07. The van der Waals surface area contributed by atoms with Crippen LogP contribution >= 0.6 is 0 Å². The van der Waals surface area contributed by atoms with E-state index in [1.54, 1.807) is 0 Å². The predicted molar refractivity (Wildman–Crippen MR) is 83.8 cm³/mol. The first-order valence-electron chi connectivity index (χ1n) is 9.09. The summed E-state index contributed by atoms with van der Waals surface area (Å²) in [6, 6.07) is 0. The van der Waals surface area contributed by atoms with E-state index in [-0.39, 0.29) is 5.92 Å². The number of amides is 1. The first kappa shape index (κ1) is 14.0. The molecule has 0 aromatic heterocycles. The second-order valence-corrected chi connectivity index (χ2v) is 8.66. The van der Waals surface area contributed by atoms with Crippen molar-refractivity contribution in [2.75, 3.05) is 26.7 Å². The molecule has 0 radical (unpaired) electrons. The highest BCUT2D eigenvalue weighted by molar-refractivity contribution is 5.79. The van der Waals surface area contributed by atoms with Crippen molar-refractivity contribution in [1.82, 2.24) is 10.2 Å². The van der Waals surface area contributed by atoms with E-state index in [0.29, 0.717) is 11.3 Å². The van der Waals surface area contributed by atoms with Crippen LogP contribution < -0.4 is 5.32 Å². The summed E-state index contributed by atoms with van der Waals surface area (Å²) in [6.45, 7) is 3.01. The minimum Gasteiger partial charge on any atom is -0.345 e. The SMILES string of the molecule is CN(CC12CC3CC(CC(C3)C1)C2)C(=O)[C@H]1CCCNC1. The molecule has 4 bridgehead atoms. The molecule has 21 heavy (non-hydrogen) atoms. The van der Waals surface area contributed by atoms with Crippen LogP contribution in [0.15, 0.2) is 0 Å². The zero-order valence-corrected chi connectivity index (χ0v) is 13.4. The van der Waals surface area contributed by atoms with E-state index in [1.807, 2.05) is 0 Å². The number of nitrogens with zero attached hydrogens (tertiary/aromatic N) is 1. The van der Waals surface area contributed by atoms with E-state index in [0.717, 1.165) is 50.2 Å². The Morgan fingerprint density at radius 3 is 2.29 bits per heavy atom. The molecule has 0 aromatic rings. The van der Waals surface area contributed by atoms with Gasteiger partial charge in [0, 0.05) is 20.1 Å². The molecule has 4 aliphatic carbocycles. The number of piperidine rings is 1. The number of hydrogen-bond acceptors (Lipinski definition) is 2. The van der Waals surface area contributed by atoms with Crippen LogP contribution in [0.5, 0.6) is 0 Å². The highest BCUT2D eigenvalue weighted by atomic mass is 16.2. The number of rotatable bonds is 3. The van der Waals surface area contributed by atoms with Crippen molar-refractivity contribution in [2.45, 2.75) is 51.4 Å². The van der Waals surface area contributed by atoms with Crippen LogP contribution in [0.3, 0.4) is 0 Å². The van der Waals surface area contributed by atoms with E-state index in [4.69, 9.17) is 0 Å². The van der Waals surface area contributed by atoms with Crippen molar-refractivity contribution < 1.29 is 4.79 Å². The standard InChI is InChI=1S/C18H30N2O/c1-20(17(21)16-3-2-4-19-11-16)12-18-8-13-5-14(9-18)7-15(6-13)10-18/h13-16,19H,2-12H2,1H3/t13?,14?,15?,16-,18?/m0/s1. The van der Waals surface area contributed by atoms with Gasteiger partial charge in [-0.1, -0.05) is 0 Å². The lowest BCUT2D eigenvalue weighted by Crippen LogP contribution is -2.52. The molecule has 4 saturated carbocycles. The quantitative estimate of drug-likeness (QED) is 0.866. The molecule has 3 heteroatoms. The highest BCUT2D eigenvalue weighted by Gasteiger charge is 2.51. The van der Waals surface area contributed by atoms with Crippen LogP contribution in [0, 0.1) is 29.1 Å². The third-order valence-electron chi connectivity index (χ3n) is 6.76. The average Bonchev–Trinajstić information content (AvgIpc) is 2.45. The molecule has 5 aliphatic rings. The molecule has 3 nitrogen and oxygen atoms in total. The topological polar surface area (TPSA) is 32.3 Å². The Hall–Kier alpha value is -0.570. The smallest absolute Gasteiger partial charge is 0.226 e. The second kappa shape index (κ2) is 5.26. The number of nitrogens with one attached hydrogen (secondary N) is 1. The molecule has 1 amide bonds. The van der Waals surface area contributed by atoms with Gasteiger partial charge in [-0.3, -0.25) is 4.79 Å². The van der Waals surface area contributed by atoms with Crippen LogP contribution in [0.25, 0.3) is 0 Å². The summed E-state index contributed by atoms with van der Waals surface area (Å²) in [6.07, 6.45) is 10.9. The average molecular weight is 290 g/mol. The largest absolute Gasteiger partial charge is 0.345 e. The second-order valence-electron chi connectivity index (χ2n) is 8.66. The summed E-state index contributed by atoms with van der Waals surface area (Å²) in [4.78, 5) is 14.8. The van der Waals surface area contributed by atoms with E-state index >= 15 is 0 Å². The molecule has 1 N–H and O–H groups in total. The van der Waals surface area contributed by atoms with Gasteiger partial charge in [0.15, 0.2) is 0 Å². The van der Waals surface area contributed by atoms with Crippen molar-refractivity contribution >= 4 is 5.91 Å². The minimum absolute atomic E-state index is 0.234. The van der Waals surface area contributed by atoms with Crippen molar-refractivity contribution in [3.8, 4) is 0 Å². The lowest BCUT2D eigenvalue weighted by Gasteiger charge is -2.57. The lowest BCUT2D eigenvalue weighted by atomic mass is 9.49. The Balaban J connectivity index is 1.41. The molecule has 1 saturated heterocycles. The van der Waals surface area contributed by atoms with Crippen LogP contribution in [0.2, 0.25) is 0 Å². The fourth-order valence-corrected chi connectivity index (χ4v) is 6.44. The van der Waals surface area contributed by atoms with Gasteiger partial charge in [-0.25, -0.2) is 0 Å². The van der Waals surface area contributed by atoms with Gasteiger partial charge in [-0.05, 0) is 81.1 Å². The molecular formula is C18H30N2O. The molecule has 1 atom stereocenters. The van der Waals surface area contributed by atoms with E-state index in [1.165, 1.54) is 38.5 Å². The Kier molecular flexibility index (Phi) is 3.52. The molecular weight excluding hydrogens is 260 g/mol. The first-order chi connectivity index (χ1) is 10.1. The molecule has 5 rings (SSSR count). The van der Waals surface area contributed by atoms with Crippen LogP contribution in [0.1, 0.15) is 51.4 Å². The predicted octanol–water partition coefficient (Wildman–Crippen LogP) is 2.66. The van der Waals surface area contributed by atoms with E-state index in [2.05, 4.69) is 17.3 Å². The first-order valence-corrected chi connectivity index (χ1v) is 9.09. The van der Waals surface area contributed by atoms with Crippen molar-refractivity contribution in [2.24, 2.45) is 29.1 Å². The highest BCUT2D eigenvalue weighted by Crippen LogP contribution is 2.60. The van der Waals surface area contributed by atoms with Gasteiger partial charge >= 0.3 is 0 Å². The molecule has 1 heterocycles. The zero-order valence-electron chi connectivity index (χ0n) is 13.4. The summed E-state index contributed by atoms with van der Waals surface area (Å²) in [5, 5.41) is 3.38. The molecule has 5 fully saturated rings. The molecule has 0 unspecified atom stereocenters. The Morgan fingerprint density at radius 2 is 1.76 bits per heavy atom. The van der Waals surface area contributed by atoms with Gasteiger partial charge in [0.25, 0.3) is 0 Å². The number of carbonyl (C=O) groups is 1. The number of carbonyl (C=O) groups excluding carboxylic acids is 1. The normalized spacial score (nSPS) is 44.8. The van der Waals surface area contributed by atoms with Gasteiger partial charge < -0.3 is 10.2 Å². The summed E-state index contributed by atoms with van der Waals surface area (Å²) in [5.74, 6) is 3.58. The van der Waals surface area contributed by atoms with Gasteiger partial charge in [0.2, 0.25) is 5.91 Å². The van der Waals surface area contributed by atoms with Crippen LogP contribution in [0.4, 0.5) is 0 Å². The lowest BCUT2D eigenvalue weighted by molar-refractivity contribution is -0.140. The Bertz CT molecular complexity index is 378. The molecule has 1 aliphatic heterocycles. The summed E-state index contributed by atoms with van der Waals surface area (Å²) >= 11 is 0. The maximum absolute atomic E-state index is 12.7. The van der Waals surface area contributed by atoms with Crippen molar-refractivity contribution in [1.29, 1.82) is 0 Å². The molecule has 0 aromatic carbocycles. The van der Waals surface area contributed by atoms with Gasteiger partial charge in [-0.15, -0.1) is 0 Å². The van der Waals surface area contributed by atoms with E-state index < -0.39 is 0 Å². The minimum atomic E-state index is 0.234. The fourth-order valence-electron chi connectivity index (χ4n) is 6.44.